The minimum atomic E-state index is -0.673. The van der Waals surface area contributed by atoms with E-state index in [1.165, 1.54) is 11.8 Å². The van der Waals surface area contributed by atoms with Gasteiger partial charge in [0.2, 0.25) is 5.91 Å². The van der Waals surface area contributed by atoms with Crippen molar-refractivity contribution in [1.29, 1.82) is 5.26 Å². The van der Waals surface area contributed by atoms with Crippen LogP contribution in [0.2, 0.25) is 10.0 Å². The minimum Gasteiger partial charge on any atom is -0.492 e. The monoisotopic (exact) mass is 773 g/mol. The summed E-state index contributed by atoms with van der Waals surface area (Å²) < 4.78 is 32.6. The van der Waals surface area contributed by atoms with E-state index in [9.17, 15) is 14.4 Å². The third kappa shape index (κ3) is 10.4. The van der Waals surface area contributed by atoms with Crippen LogP contribution in [0.15, 0.2) is 67.0 Å². The number of nitrogens with two attached hydrogens (primary N) is 1. The van der Waals surface area contributed by atoms with Crippen molar-refractivity contribution in [1.82, 2.24) is 15.2 Å². The van der Waals surface area contributed by atoms with Crippen LogP contribution in [0.1, 0.15) is 78.9 Å². The Morgan fingerprint density at radius 3 is 2.61 bits per heavy atom. The van der Waals surface area contributed by atoms with Gasteiger partial charge in [-0.05, 0) is 86.4 Å². The molecule has 1 aromatic heterocycles. The van der Waals surface area contributed by atoms with Gasteiger partial charge in [-0.3, -0.25) is 9.78 Å². The highest BCUT2D eigenvalue weighted by Crippen LogP contribution is 2.45. The third-order valence-corrected chi connectivity index (χ3v) is 10.6. The first-order chi connectivity index (χ1) is 26.3. The molecule has 1 amide bonds. The first-order valence-electron chi connectivity index (χ1n) is 18.6. The van der Waals surface area contributed by atoms with Crippen LogP contribution in [-0.4, -0.2) is 54.7 Å². The second-order valence-electron chi connectivity index (χ2n) is 13.8. The molecule has 2 aliphatic rings. The fourth-order valence-corrected chi connectivity index (χ4v) is 7.58. The molecule has 3 N–H and O–H groups in total. The van der Waals surface area contributed by atoms with Gasteiger partial charge in [0.25, 0.3) is 0 Å². The Morgan fingerprint density at radius 1 is 0.981 bits per heavy atom. The highest BCUT2D eigenvalue weighted by atomic mass is 35.5. The molecule has 4 aromatic rings. The minimum absolute atomic E-state index is 0.202. The van der Waals surface area contributed by atoms with Crippen molar-refractivity contribution >= 4 is 29.1 Å². The molecule has 1 fully saturated rings. The van der Waals surface area contributed by atoms with E-state index in [0.717, 1.165) is 73.1 Å². The van der Waals surface area contributed by atoms with Crippen molar-refractivity contribution in [2.24, 2.45) is 5.73 Å². The molecule has 9 nitrogen and oxygen atoms in total. The number of likely N-dealkylation sites (tertiary alicyclic amines) is 1. The number of nitrogens with one attached hydrogen (secondary N) is 1. The van der Waals surface area contributed by atoms with Crippen LogP contribution >= 0.6 is 23.2 Å². The van der Waals surface area contributed by atoms with Crippen molar-refractivity contribution in [3.63, 3.8) is 0 Å². The number of fused-ring (bicyclic) bond motifs is 1. The SMILES string of the molecule is N#Cc1cncc(COc2cc(O[C@H]3CCc4c(-c5cccc(OCCCN6CCC(F)CC6)c5Cl)cccc43)c(Cl)cc2CNCCCCC(N)=O)c1. The number of nitriles is 1. The third-order valence-electron chi connectivity index (χ3n) is 9.91. The summed E-state index contributed by atoms with van der Waals surface area (Å²) in [6, 6.07) is 19.6. The van der Waals surface area contributed by atoms with Crippen LogP contribution in [0.4, 0.5) is 4.39 Å². The van der Waals surface area contributed by atoms with Gasteiger partial charge in [-0.15, -0.1) is 0 Å². The Balaban J connectivity index is 1.15. The van der Waals surface area contributed by atoms with Crippen molar-refractivity contribution in [3.8, 4) is 34.4 Å². The molecular formula is C42H46Cl2FN5O4. The molecule has 0 unspecified atom stereocenters. The number of amides is 1. The number of rotatable bonds is 18. The maximum atomic E-state index is 13.5. The number of pyridine rings is 1. The normalized spacial score (nSPS) is 15.8. The summed E-state index contributed by atoms with van der Waals surface area (Å²) in [6.07, 6.45) is 7.75. The van der Waals surface area contributed by atoms with E-state index in [0.29, 0.717) is 78.2 Å². The summed E-state index contributed by atoms with van der Waals surface area (Å²) in [5.74, 6) is 1.45. The predicted molar refractivity (Wildman–Crippen MR) is 209 cm³/mol. The van der Waals surface area contributed by atoms with Crippen LogP contribution in [0.3, 0.4) is 0 Å². The number of benzene rings is 3. The van der Waals surface area contributed by atoms with Gasteiger partial charge in [-0.2, -0.15) is 5.26 Å². The average Bonchev–Trinajstić information content (AvgIpc) is 3.59. The maximum Gasteiger partial charge on any atom is 0.217 e. The van der Waals surface area contributed by atoms with E-state index in [1.54, 1.807) is 12.3 Å². The summed E-state index contributed by atoms with van der Waals surface area (Å²) in [4.78, 5) is 17.6. The fourth-order valence-electron chi connectivity index (χ4n) is 7.07. The zero-order chi connectivity index (χ0) is 37.9. The number of carbonyl (C=O) groups is 1. The Kier molecular flexibility index (Phi) is 14.0. The number of hydrogen-bond acceptors (Lipinski definition) is 8. The van der Waals surface area contributed by atoms with Gasteiger partial charge in [0.05, 0.1) is 22.2 Å². The molecule has 1 atom stereocenters. The Morgan fingerprint density at radius 2 is 1.80 bits per heavy atom. The lowest BCUT2D eigenvalue weighted by atomic mass is 9.96. The van der Waals surface area contributed by atoms with Crippen LogP contribution in [0.25, 0.3) is 11.1 Å². The highest BCUT2D eigenvalue weighted by molar-refractivity contribution is 6.35. The average molecular weight is 775 g/mol. The Labute approximate surface area is 326 Å². The van der Waals surface area contributed by atoms with Crippen molar-refractivity contribution in [2.45, 2.75) is 76.8 Å². The maximum absolute atomic E-state index is 13.5. The van der Waals surface area contributed by atoms with Gasteiger partial charge < -0.3 is 30.2 Å². The molecule has 1 aliphatic carbocycles. The zero-order valence-corrected chi connectivity index (χ0v) is 31.8. The van der Waals surface area contributed by atoms with Crippen LogP contribution in [0.5, 0.6) is 17.2 Å². The number of halogens is 3. The van der Waals surface area contributed by atoms with E-state index in [-0.39, 0.29) is 18.6 Å². The van der Waals surface area contributed by atoms with Crippen LogP contribution in [-0.2, 0) is 24.4 Å². The summed E-state index contributed by atoms with van der Waals surface area (Å²) in [6.45, 7) is 4.38. The van der Waals surface area contributed by atoms with Gasteiger partial charge in [-0.1, -0.05) is 53.5 Å². The molecule has 0 saturated carbocycles. The van der Waals surface area contributed by atoms with E-state index in [1.807, 2.05) is 36.4 Å². The summed E-state index contributed by atoms with van der Waals surface area (Å²) in [5, 5.41) is 13.8. The molecule has 12 heteroatoms. The van der Waals surface area contributed by atoms with E-state index in [4.69, 9.17) is 43.1 Å². The molecule has 0 bridgehead atoms. The lowest BCUT2D eigenvalue weighted by Crippen LogP contribution is -2.35. The number of aromatic nitrogens is 1. The molecule has 284 valence electrons. The lowest BCUT2D eigenvalue weighted by molar-refractivity contribution is -0.118. The zero-order valence-electron chi connectivity index (χ0n) is 30.3. The molecule has 0 spiro atoms. The molecular weight excluding hydrogens is 728 g/mol. The highest BCUT2D eigenvalue weighted by Gasteiger charge is 2.29. The van der Waals surface area contributed by atoms with Gasteiger partial charge >= 0.3 is 0 Å². The number of ether oxygens (including phenoxy) is 3. The first kappa shape index (κ1) is 39.3. The molecule has 1 saturated heterocycles. The largest absolute Gasteiger partial charge is 0.492 e. The quantitative estimate of drug-likeness (QED) is 0.0966. The Hall–Kier alpha value is -4.40. The number of piperidine rings is 1. The topological polar surface area (TPSA) is 123 Å². The molecule has 1 aliphatic heterocycles. The second-order valence-corrected chi connectivity index (χ2v) is 14.6. The standard InChI is InChI=1S/C42H46Cl2FN5O4/c43-36-21-30(26-48-15-2-1-10-41(47)51)39(53-27-29-20-28(23-46)24-49-25-29)22-40(36)54-37-12-11-33-32(6-3-7-34(33)37)35-8-4-9-38(42(35)44)52-19-5-16-50-17-13-31(45)14-18-50/h3-4,6-9,20-22,24-25,31,37,48H,1-2,5,10-19,26-27H2,(H2,47,51)/t37-/m0/s1. The van der Waals surface area contributed by atoms with Gasteiger partial charge in [0.1, 0.15) is 42.2 Å². The summed E-state index contributed by atoms with van der Waals surface area (Å²) in [7, 11) is 0. The van der Waals surface area contributed by atoms with Gasteiger partial charge in [0.15, 0.2) is 0 Å². The van der Waals surface area contributed by atoms with Crippen molar-refractivity contribution < 1.29 is 23.4 Å². The fraction of sp³-hybridized carbons (Fsp3) is 0.405. The van der Waals surface area contributed by atoms with E-state index >= 15 is 0 Å². The van der Waals surface area contributed by atoms with E-state index < -0.39 is 6.17 Å². The van der Waals surface area contributed by atoms with Crippen LogP contribution < -0.4 is 25.3 Å². The number of carbonyl (C=O) groups excluding carboxylic acids is 1. The molecule has 2 heterocycles. The summed E-state index contributed by atoms with van der Waals surface area (Å²) >= 11 is 13.9. The van der Waals surface area contributed by atoms with E-state index in [2.05, 4.69) is 33.4 Å². The summed E-state index contributed by atoms with van der Waals surface area (Å²) in [5.41, 5.74) is 11.5. The van der Waals surface area contributed by atoms with Gasteiger partial charge in [0, 0.05) is 67.8 Å². The smallest absolute Gasteiger partial charge is 0.217 e. The number of hydrogen-bond donors (Lipinski definition) is 2. The predicted octanol–water partition coefficient (Wildman–Crippen LogP) is 8.52. The Bertz CT molecular complexity index is 1950. The number of nitrogens with zero attached hydrogens (tertiary/aromatic N) is 3. The second kappa shape index (κ2) is 19.3. The van der Waals surface area contributed by atoms with Crippen LogP contribution in [0, 0.1) is 11.3 Å². The van der Waals surface area contributed by atoms with Crippen molar-refractivity contribution in [3.05, 3.63) is 105 Å². The molecule has 3 aromatic carbocycles. The van der Waals surface area contributed by atoms with Crippen molar-refractivity contribution in [2.75, 3.05) is 32.8 Å². The molecule has 54 heavy (non-hydrogen) atoms. The number of primary amides is 1. The number of unbranched alkanes of at least 4 members (excludes halogenated alkanes) is 1. The van der Waals surface area contributed by atoms with Gasteiger partial charge in [-0.25, -0.2) is 4.39 Å². The first-order valence-corrected chi connectivity index (χ1v) is 19.4. The molecule has 6 rings (SSSR count). The molecule has 0 radical (unpaired) electrons. The number of alkyl halides is 1. The lowest BCUT2D eigenvalue weighted by Gasteiger charge is -2.28.